The van der Waals surface area contributed by atoms with Gasteiger partial charge in [0.2, 0.25) is 0 Å². The van der Waals surface area contributed by atoms with Crippen LogP contribution in [0.1, 0.15) is 54.8 Å². The first kappa shape index (κ1) is 23.1. The van der Waals surface area contributed by atoms with Crippen molar-refractivity contribution in [2.24, 2.45) is 0 Å². The summed E-state index contributed by atoms with van der Waals surface area (Å²) >= 11 is 0. The van der Waals surface area contributed by atoms with E-state index >= 15 is 0 Å². The van der Waals surface area contributed by atoms with Gasteiger partial charge in [0, 0.05) is 12.1 Å². The molecule has 1 aliphatic rings. The first-order valence-electron chi connectivity index (χ1n) is 10.7. The third kappa shape index (κ3) is 5.38. The maximum absolute atomic E-state index is 10.7. The molecule has 3 atom stereocenters. The smallest absolute Gasteiger partial charge is 0.341 e. The van der Waals surface area contributed by atoms with Crippen LogP contribution in [0.4, 0.5) is 0 Å². The Balaban J connectivity index is 0.00000272. The van der Waals surface area contributed by atoms with E-state index in [0.717, 1.165) is 24.8 Å². The van der Waals surface area contributed by atoms with Gasteiger partial charge in [-0.1, -0.05) is 54.6 Å². The van der Waals surface area contributed by atoms with Crippen LogP contribution in [0.15, 0.2) is 60.7 Å². The van der Waals surface area contributed by atoms with Gasteiger partial charge in [-0.05, 0) is 72.6 Å². The number of hydrogen-bond donors (Lipinski definition) is 2. The average Bonchev–Trinajstić information content (AvgIpc) is 3.20. The summed E-state index contributed by atoms with van der Waals surface area (Å²) in [6.07, 6.45) is 3.44. The number of carbonyl (C=O) groups is 1. The number of aliphatic carboxylic acids is 1. The van der Waals surface area contributed by atoms with Gasteiger partial charge in [-0.2, -0.15) is 0 Å². The maximum Gasteiger partial charge on any atom is 0.341 e. The molecule has 4 rings (SSSR count). The number of carboxylic acids is 1. The molecule has 0 spiro atoms. The number of benzene rings is 3. The predicted octanol–water partition coefficient (Wildman–Crippen LogP) is 6.02. The lowest BCUT2D eigenvalue weighted by atomic mass is 9.95. The van der Waals surface area contributed by atoms with Gasteiger partial charge < -0.3 is 15.2 Å². The van der Waals surface area contributed by atoms with Crippen molar-refractivity contribution in [2.45, 2.75) is 51.1 Å². The molecule has 0 aromatic heterocycles. The summed E-state index contributed by atoms with van der Waals surface area (Å²) in [5.74, 6) is 0.219. The van der Waals surface area contributed by atoms with Crippen LogP contribution in [0.3, 0.4) is 0 Å². The van der Waals surface area contributed by atoms with Gasteiger partial charge in [0.05, 0.1) is 0 Å². The minimum Gasteiger partial charge on any atom is -0.482 e. The van der Waals surface area contributed by atoms with Crippen LogP contribution in [0.2, 0.25) is 0 Å². The molecule has 0 unspecified atom stereocenters. The van der Waals surface area contributed by atoms with Crippen molar-refractivity contribution in [3.05, 3.63) is 77.4 Å². The van der Waals surface area contributed by atoms with Gasteiger partial charge in [-0.25, -0.2) is 4.79 Å². The lowest BCUT2D eigenvalue weighted by Crippen LogP contribution is -2.29. The number of nitrogens with one attached hydrogen (secondary N) is 1. The highest BCUT2D eigenvalue weighted by Crippen LogP contribution is 2.37. The van der Waals surface area contributed by atoms with E-state index in [-0.39, 0.29) is 19.0 Å². The second-order valence-electron chi connectivity index (χ2n) is 8.37. The number of rotatable bonds is 7. The van der Waals surface area contributed by atoms with Gasteiger partial charge >= 0.3 is 5.97 Å². The largest absolute Gasteiger partial charge is 0.482 e. The topological polar surface area (TPSA) is 58.6 Å². The van der Waals surface area contributed by atoms with Crippen molar-refractivity contribution in [2.75, 3.05) is 6.61 Å². The Bertz CT molecular complexity index is 1050. The second kappa shape index (κ2) is 10.2. The number of halogens is 1. The molecule has 0 heterocycles. The highest BCUT2D eigenvalue weighted by Gasteiger charge is 2.27. The van der Waals surface area contributed by atoms with Crippen LogP contribution in [-0.2, 0) is 4.79 Å². The highest BCUT2D eigenvalue weighted by molar-refractivity contribution is 5.86. The summed E-state index contributed by atoms with van der Waals surface area (Å²) < 4.78 is 5.36. The summed E-state index contributed by atoms with van der Waals surface area (Å²) in [4.78, 5) is 10.7. The van der Waals surface area contributed by atoms with Gasteiger partial charge in [0.1, 0.15) is 5.75 Å². The van der Waals surface area contributed by atoms with Gasteiger partial charge in [0.15, 0.2) is 6.61 Å². The minimum absolute atomic E-state index is 0. The lowest BCUT2D eigenvalue weighted by molar-refractivity contribution is -0.139. The van der Waals surface area contributed by atoms with Crippen molar-refractivity contribution in [1.29, 1.82) is 0 Å². The van der Waals surface area contributed by atoms with E-state index in [4.69, 9.17) is 9.84 Å². The van der Waals surface area contributed by atoms with Crippen LogP contribution >= 0.6 is 12.4 Å². The van der Waals surface area contributed by atoms with Crippen LogP contribution in [0.5, 0.6) is 5.75 Å². The predicted molar refractivity (Wildman–Crippen MR) is 127 cm³/mol. The van der Waals surface area contributed by atoms with Crippen LogP contribution in [-0.4, -0.2) is 23.7 Å². The quantitative estimate of drug-likeness (QED) is 0.472. The first-order chi connectivity index (χ1) is 14.5. The fourth-order valence-corrected chi connectivity index (χ4v) is 4.73. The zero-order valence-electron chi connectivity index (χ0n) is 18.0. The molecule has 164 valence electrons. The van der Waals surface area contributed by atoms with Crippen molar-refractivity contribution in [3.63, 3.8) is 0 Å². The van der Waals surface area contributed by atoms with Crippen LogP contribution in [0.25, 0.3) is 10.8 Å². The number of aryl methyl sites for hydroxylation is 1. The van der Waals surface area contributed by atoms with Gasteiger partial charge in [-0.15, -0.1) is 12.4 Å². The minimum atomic E-state index is -0.955. The standard InChI is InChI=1S/C26H29NO3.ClH/c1-17-14-20(11-13-25(17)30-16-26(28)29)21-10-12-22(15-21)27-18(2)23-9-5-7-19-6-3-4-8-24(19)23;/h3-9,11,13-14,18,21-22,27H,10,12,15-16H2,1-2H3,(H,28,29);1H/t18-,21-,22+;/m1./s1. The maximum atomic E-state index is 10.7. The third-order valence-corrected chi connectivity index (χ3v) is 6.23. The van der Waals surface area contributed by atoms with E-state index in [0.29, 0.717) is 23.8 Å². The Labute approximate surface area is 190 Å². The fraction of sp³-hybridized carbons (Fsp3) is 0.346. The zero-order chi connectivity index (χ0) is 21.1. The second-order valence-corrected chi connectivity index (χ2v) is 8.37. The number of carboxylic acid groups (broad SMARTS) is 1. The monoisotopic (exact) mass is 439 g/mol. The third-order valence-electron chi connectivity index (χ3n) is 6.23. The Hall–Kier alpha value is -2.56. The van der Waals surface area contributed by atoms with Crippen molar-refractivity contribution >= 4 is 29.1 Å². The number of fused-ring (bicyclic) bond motifs is 1. The summed E-state index contributed by atoms with van der Waals surface area (Å²) in [6.45, 7) is 3.93. The molecule has 31 heavy (non-hydrogen) atoms. The Morgan fingerprint density at radius 3 is 2.68 bits per heavy atom. The zero-order valence-corrected chi connectivity index (χ0v) is 18.8. The van der Waals surface area contributed by atoms with E-state index in [1.165, 1.54) is 21.9 Å². The number of hydrogen-bond acceptors (Lipinski definition) is 3. The Kier molecular flexibility index (Phi) is 7.58. The fourth-order valence-electron chi connectivity index (χ4n) is 4.73. The first-order valence-corrected chi connectivity index (χ1v) is 10.7. The molecule has 1 saturated carbocycles. The number of ether oxygens (including phenoxy) is 1. The summed E-state index contributed by atoms with van der Waals surface area (Å²) in [7, 11) is 0. The molecule has 2 N–H and O–H groups in total. The highest BCUT2D eigenvalue weighted by atomic mass is 35.5. The van der Waals surface area contributed by atoms with Crippen LogP contribution < -0.4 is 10.1 Å². The molecule has 1 fully saturated rings. The van der Waals surface area contributed by atoms with E-state index in [2.05, 4.69) is 66.8 Å². The molecule has 3 aromatic carbocycles. The van der Waals surface area contributed by atoms with Crippen molar-refractivity contribution in [1.82, 2.24) is 5.32 Å². The van der Waals surface area contributed by atoms with Crippen molar-refractivity contribution in [3.8, 4) is 5.75 Å². The molecule has 0 aliphatic heterocycles. The molecule has 5 heteroatoms. The molecule has 3 aromatic rings. The van der Waals surface area contributed by atoms with Gasteiger partial charge in [-0.3, -0.25) is 0 Å². The molecule has 4 nitrogen and oxygen atoms in total. The lowest BCUT2D eigenvalue weighted by Gasteiger charge is -2.22. The summed E-state index contributed by atoms with van der Waals surface area (Å²) in [5, 5.41) is 15.3. The Morgan fingerprint density at radius 2 is 1.90 bits per heavy atom. The van der Waals surface area contributed by atoms with E-state index in [1.807, 2.05) is 13.0 Å². The molecular weight excluding hydrogens is 410 g/mol. The van der Waals surface area contributed by atoms with Gasteiger partial charge in [0.25, 0.3) is 0 Å². The molecular formula is C26H30ClNO3. The molecule has 0 radical (unpaired) electrons. The van der Waals surface area contributed by atoms with Crippen LogP contribution in [0, 0.1) is 6.92 Å². The van der Waals surface area contributed by atoms with Crippen molar-refractivity contribution < 1.29 is 14.6 Å². The normalized spacial score (nSPS) is 19.0. The average molecular weight is 440 g/mol. The SMILES string of the molecule is Cc1cc([C@@H]2CC[C@H](N[C@H](C)c3cccc4ccccc34)C2)ccc1OCC(=O)O.Cl. The Morgan fingerprint density at radius 1 is 1.13 bits per heavy atom. The van der Waals surface area contributed by atoms with E-state index < -0.39 is 5.97 Å². The molecule has 0 amide bonds. The molecule has 1 aliphatic carbocycles. The summed E-state index contributed by atoms with van der Waals surface area (Å²) in [6, 6.07) is 22.1. The molecule has 0 bridgehead atoms. The summed E-state index contributed by atoms with van der Waals surface area (Å²) in [5.41, 5.74) is 3.67. The van der Waals surface area contributed by atoms with E-state index in [1.54, 1.807) is 0 Å². The van der Waals surface area contributed by atoms with E-state index in [9.17, 15) is 4.79 Å². The molecule has 0 saturated heterocycles.